The van der Waals surface area contributed by atoms with Gasteiger partial charge in [0.15, 0.2) is 6.61 Å². The van der Waals surface area contributed by atoms with Crippen molar-refractivity contribution in [2.45, 2.75) is 0 Å². The monoisotopic (exact) mass is 328 g/mol. The maximum Gasteiger partial charge on any atom is 0.340 e. The van der Waals surface area contributed by atoms with Crippen molar-refractivity contribution in [3.63, 3.8) is 0 Å². The molecule has 6 nitrogen and oxygen atoms in total. The van der Waals surface area contributed by atoms with Gasteiger partial charge in [-0.2, -0.15) is 0 Å². The van der Waals surface area contributed by atoms with Gasteiger partial charge in [-0.3, -0.25) is 4.79 Å². The number of nitrogens with zero attached hydrogens (tertiary/aromatic N) is 1. The number of nitrogens with one attached hydrogen (secondary N) is 1. The Kier molecular flexibility index (Phi) is 6.33. The maximum absolute atomic E-state index is 12.2. The zero-order valence-corrected chi connectivity index (χ0v) is 13.4. The van der Waals surface area contributed by atoms with E-state index in [1.165, 1.54) is 4.90 Å². The second kappa shape index (κ2) is 8.69. The number of aliphatic hydroxyl groups is 1. The fourth-order valence-electron chi connectivity index (χ4n) is 2.10. The highest BCUT2D eigenvalue weighted by Gasteiger charge is 2.16. The molecule has 2 N–H and O–H groups in total. The number of para-hydroxylation sites is 2. The van der Waals surface area contributed by atoms with E-state index in [-0.39, 0.29) is 19.1 Å². The van der Waals surface area contributed by atoms with Crippen LogP contribution in [0, 0.1) is 0 Å². The zero-order valence-electron chi connectivity index (χ0n) is 13.4. The second-order valence-electron chi connectivity index (χ2n) is 5.06. The van der Waals surface area contributed by atoms with Gasteiger partial charge in [-0.05, 0) is 24.3 Å². The van der Waals surface area contributed by atoms with E-state index in [4.69, 9.17) is 9.84 Å². The number of esters is 1. The summed E-state index contributed by atoms with van der Waals surface area (Å²) in [7, 11) is 1.63. The SMILES string of the molecule is CN(C(=O)COC(=O)c1ccccc1NCCO)c1ccccc1. The van der Waals surface area contributed by atoms with E-state index in [9.17, 15) is 9.59 Å². The average molecular weight is 328 g/mol. The maximum atomic E-state index is 12.2. The minimum absolute atomic E-state index is 0.0518. The van der Waals surface area contributed by atoms with E-state index in [2.05, 4.69) is 5.32 Å². The molecule has 0 spiro atoms. The molecule has 0 aliphatic rings. The molecule has 2 aromatic rings. The molecular weight excluding hydrogens is 308 g/mol. The summed E-state index contributed by atoms with van der Waals surface area (Å²) in [5, 5.41) is 11.8. The van der Waals surface area contributed by atoms with Crippen LogP contribution in [-0.4, -0.2) is 43.8 Å². The van der Waals surface area contributed by atoms with Gasteiger partial charge in [-0.25, -0.2) is 4.79 Å². The fourth-order valence-corrected chi connectivity index (χ4v) is 2.10. The predicted octanol–water partition coefficient (Wildman–Crippen LogP) is 1.91. The molecule has 0 saturated carbocycles. The van der Waals surface area contributed by atoms with E-state index >= 15 is 0 Å². The van der Waals surface area contributed by atoms with Crippen LogP contribution >= 0.6 is 0 Å². The van der Waals surface area contributed by atoms with Gasteiger partial charge in [0.1, 0.15) is 0 Å². The molecule has 0 heterocycles. The van der Waals surface area contributed by atoms with Crippen molar-refractivity contribution >= 4 is 23.3 Å². The van der Waals surface area contributed by atoms with Crippen LogP contribution in [-0.2, 0) is 9.53 Å². The van der Waals surface area contributed by atoms with E-state index in [0.717, 1.165) is 5.69 Å². The predicted molar refractivity (Wildman–Crippen MR) is 92.2 cm³/mol. The lowest BCUT2D eigenvalue weighted by molar-refractivity contribution is -0.121. The van der Waals surface area contributed by atoms with Crippen molar-refractivity contribution in [3.8, 4) is 0 Å². The minimum Gasteiger partial charge on any atom is -0.452 e. The molecular formula is C18H20N2O4. The van der Waals surface area contributed by atoms with E-state index in [1.54, 1.807) is 43.4 Å². The van der Waals surface area contributed by atoms with Gasteiger partial charge in [0.2, 0.25) is 0 Å². The third kappa shape index (κ3) is 4.57. The molecule has 0 radical (unpaired) electrons. The third-order valence-electron chi connectivity index (χ3n) is 3.42. The Balaban J connectivity index is 1.97. The Labute approximate surface area is 140 Å². The highest BCUT2D eigenvalue weighted by molar-refractivity contribution is 5.99. The number of rotatable bonds is 7. The topological polar surface area (TPSA) is 78.9 Å². The molecule has 0 aliphatic heterocycles. The molecule has 6 heteroatoms. The molecule has 0 atom stereocenters. The highest BCUT2D eigenvalue weighted by atomic mass is 16.5. The first-order chi connectivity index (χ1) is 11.6. The van der Waals surface area contributed by atoms with Crippen LogP contribution in [0.4, 0.5) is 11.4 Å². The van der Waals surface area contributed by atoms with Crippen molar-refractivity contribution in [3.05, 3.63) is 60.2 Å². The van der Waals surface area contributed by atoms with Gasteiger partial charge < -0.3 is 20.1 Å². The van der Waals surface area contributed by atoms with Crippen molar-refractivity contribution in [1.82, 2.24) is 0 Å². The van der Waals surface area contributed by atoms with Crippen LogP contribution in [0.15, 0.2) is 54.6 Å². The molecule has 126 valence electrons. The molecule has 0 aliphatic carbocycles. The standard InChI is InChI=1S/C18H20N2O4/c1-20(14-7-3-2-4-8-14)17(22)13-24-18(23)15-9-5-6-10-16(15)19-11-12-21/h2-10,19,21H,11-13H2,1H3. The summed E-state index contributed by atoms with van der Waals surface area (Å²) in [5.41, 5.74) is 1.60. The molecule has 0 saturated heterocycles. The van der Waals surface area contributed by atoms with Crippen molar-refractivity contribution < 1.29 is 19.4 Å². The number of carbonyl (C=O) groups excluding carboxylic acids is 2. The van der Waals surface area contributed by atoms with Crippen LogP contribution in [0.25, 0.3) is 0 Å². The number of ether oxygens (including phenoxy) is 1. The number of carbonyl (C=O) groups is 2. The fraction of sp³-hybridized carbons (Fsp3) is 0.222. The van der Waals surface area contributed by atoms with Gasteiger partial charge >= 0.3 is 5.97 Å². The molecule has 1 amide bonds. The lowest BCUT2D eigenvalue weighted by Crippen LogP contribution is -2.31. The summed E-state index contributed by atoms with van der Waals surface area (Å²) in [6, 6.07) is 15.9. The van der Waals surface area contributed by atoms with Crippen LogP contribution in [0.3, 0.4) is 0 Å². The largest absolute Gasteiger partial charge is 0.452 e. The molecule has 0 fully saturated rings. The van der Waals surface area contributed by atoms with E-state index in [1.807, 2.05) is 18.2 Å². The second-order valence-corrected chi connectivity index (χ2v) is 5.06. The number of benzene rings is 2. The molecule has 0 aromatic heterocycles. The number of likely N-dealkylation sites (N-methyl/N-ethyl adjacent to an activating group) is 1. The van der Waals surface area contributed by atoms with Crippen molar-refractivity contribution in [1.29, 1.82) is 0 Å². The summed E-state index contributed by atoms with van der Waals surface area (Å²) >= 11 is 0. The number of hydrogen-bond acceptors (Lipinski definition) is 5. The summed E-state index contributed by atoms with van der Waals surface area (Å²) in [5.74, 6) is -0.916. The quantitative estimate of drug-likeness (QED) is 0.759. The summed E-state index contributed by atoms with van der Waals surface area (Å²) < 4.78 is 5.12. The number of aliphatic hydroxyl groups excluding tert-OH is 1. The van der Waals surface area contributed by atoms with E-state index < -0.39 is 5.97 Å². The first-order valence-electron chi connectivity index (χ1n) is 7.56. The molecule has 2 rings (SSSR count). The summed E-state index contributed by atoms with van der Waals surface area (Å²) in [4.78, 5) is 25.8. The van der Waals surface area contributed by atoms with Gasteiger partial charge in [-0.15, -0.1) is 0 Å². The van der Waals surface area contributed by atoms with Crippen LogP contribution in [0.1, 0.15) is 10.4 Å². The van der Waals surface area contributed by atoms with Gasteiger partial charge in [-0.1, -0.05) is 30.3 Å². The first-order valence-corrected chi connectivity index (χ1v) is 7.56. The van der Waals surface area contributed by atoms with Gasteiger partial charge in [0, 0.05) is 25.0 Å². The van der Waals surface area contributed by atoms with Crippen molar-refractivity contribution in [2.75, 3.05) is 37.0 Å². The van der Waals surface area contributed by atoms with Crippen LogP contribution < -0.4 is 10.2 Å². The van der Waals surface area contributed by atoms with Gasteiger partial charge in [0.25, 0.3) is 5.91 Å². The zero-order chi connectivity index (χ0) is 17.4. The lowest BCUT2D eigenvalue weighted by Gasteiger charge is -2.17. The number of amides is 1. The summed E-state index contributed by atoms with van der Waals surface area (Å²) in [6.45, 7) is -0.0811. The summed E-state index contributed by atoms with van der Waals surface area (Å²) in [6.07, 6.45) is 0. The normalized spacial score (nSPS) is 10.1. The molecule has 2 aromatic carbocycles. The van der Waals surface area contributed by atoms with Crippen LogP contribution in [0.2, 0.25) is 0 Å². The van der Waals surface area contributed by atoms with E-state index in [0.29, 0.717) is 17.8 Å². The smallest absolute Gasteiger partial charge is 0.340 e. The van der Waals surface area contributed by atoms with Gasteiger partial charge in [0.05, 0.1) is 12.2 Å². The first kappa shape index (κ1) is 17.5. The molecule has 24 heavy (non-hydrogen) atoms. The Bertz CT molecular complexity index is 688. The minimum atomic E-state index is -0.592. The highest BCUT2D eigenvalue weighted by Crippen LogP contribution is 2.16. The number of hydrogen-bond donors (Lipinski definition) is 2. The molecule has 0 bridgehead atoms. The Morgan fingerprint density at radius 1 is 1.08 bits per heavy atom. The Hall–Kier alpha value is -2.86. The van der Waals surface area contributed by atoms with Crippen LogP contribution in [0.5, 0.6) is 0 Å². The number of anilines is 2. The average Bonchev–Trinajstić information content (AvgIpc) is 2.64. The Morgan fingerprint density at radius 2 is 1.75 bits per heavy atom. The Morgan fingerprint density at radius 3 is 2.46 bits per heavy atom. The lowest BCUT2D eigenvalue weighted by atomic mass is 10.2. The molecule has 0 unspecified atom stereocenters. The third-order valence-corrected chi connectivity index (χ3v) is 3.42. The van der Waals surface area contributed by atoms with Crippen molar-refractivity contribution in [2.24, 2.45) is 0 Å².